The summed E-state index contributed by atoms with van der Waals surface area (Å²) < 4.78 is 11.6. The summed E-state index contributed by atoms with van der Waals surface area (Å²) in [5.74, 6) is -15.2. The number of phenols is 1. The van der Waals surface area contributed by atoms with Crippen LogP contribution >= 0.6 is 32.9 Å². The lowest BCUT2D eigenvalue weighted by molar-refractivity contribution is -0.151. The largest absolute Gasteiger partial charge is 0.508 e. The summed E-state index contributed by atoms with van der Waals surface area (Å²) in [4.78, 5) is 202. The van der Waals surface area contributed by atoms with Gasteiger partial charge in [0, 0.05) is 92.2 Å². The van der Waals surface area contributed by atoms with Crippen molar-refractivity contribution in [3.8, 4) is 5.75 Å². The number of likely N-dealkylation sites (N-methyl/N-ethyl adjacent to an activating group) is 1. The van der Waals surface area contributed by atoms with Crippen molar-refractivity contribution in [3.05, 3.63) is 81.3 Å². The van der Waals surface area contributed by atoms with Gasteiger partial charge in [0.25, 0.3) is 5.91 Å². The van der Waals surface area contributed by atoms with Crippen LogP contribution in [0.1, 0.15) is 215 Å². The van der Waals surface area contributed by atoms with E-state index in [1.807, 2.05) is 32.7 Å². The van der Waals surface area contributed by atoms with E-state index in [4.69, 9.17) is 19.6 Å². The summed E-state index contributed by atoms with van der Waals surface area (Å²) in [6, 6.07) is 5.58. The zero-order valence-corrected chi connectivity index (χ0v) is 71.9. The maximum atomic E-state index is 15.1. The summed E-state index contributed by atoms with van der Waals surface area (Å²) in [7, 11) is 3.98. The second-order valence-corrected chi connectivity index (χ2v) is 34.1. The quantitative estimate of drug-likeness (QED) is 0.0110. The standard InChI is InChI=1S/C82H123N11O23S3/c1-9-11-12-13-18-34-115-49-93(78(108)60(51(5)10-2)43-68(96)65-21-15-17-33-92(65)8)66(50(3)4)38-53(7)77-90-63(47-117-77)76(107)87-58(39-54-27-29-59(94)30-28-54)37-52(6)74(105)85-46-73(104)116-35-36-118-119-48-64(80(111)112)89-75(106)57(42-71(100)101)41-67(95)62(44-72(102)103)88-69(97)40-55-23-25-56(26-24-55)45-86-81(113)83-31-16-14-20-61(79(109)110)91-82(114)84-32-19-22-70(98)99/h23-30,47,50-53,57-58,60-62,64-66,94H,9-22,31-46,48-49H2,1-8H3,(H,85,105)(H,87,107)(H,88,97)(H,89,106)(H,98,99)(H,100,101)(H,102,103)(H,109,110)(H,111,112)(H2,83,86,113)(H2,84,91,114)/t51?,52-,53+,57-,58+,60-,61-,62-,64?,65?,66+/m0/s1. The number of unbranched alkanes of at least 4 members (excludes halogenated alkanes) is 5. The molecule has 0 radical (unpaired) electrons. The first-order valence-electron chi connectivity index (χ1n) is 40.8. The molecule has 3 unspecified atom stereocenters. The minimum atomic E-state index is -1.74. The summed E-state index contributed by atoms with van der Waals surface area (Å²) in [5.41, 5.74) is 1.90. The molecule has 0 saturated carbocycles. The Morgan fingerprint density at radius 2 is 1.31 bits per heavy atom. The maximum absolute atomic E-state index is 15.1. The molecule has 37 heteroatoms. The molecule has 3 aromatic rings. The van der Waals surface area contributed by atoms with Crippen LogP contribution < -0.4 is 42.5 Å². The molecule has 1 aromatic heterocycles. The molecule has 11 atom stereocenters. The first-order valence-corrected chi connectivity index (χ1v) is 44.2. The van der Waals surface area contributed by atoms with Crippen molar-refractivity contribution >= 4 is 122 Å². The topological polar surface area (TPSA) is 511 Å². The third-order valence-corrected chi connectivity index (χ3v) is 24.0. The average Bonchev–Trinajstić information content (AvgIpc) is 1.70. The van der Waals surface area contributed by atoms with Gasteiger partial charge in [0.05, 0.1) is 42.3 Å². The molecule has 1 fully saturated rings. The summed E-state index contributed by atoms with van der Waals surface area (Å²) in [6.45, 7) is 15.0. The molecule has 9 amide bonds. The molecule has 1 aliphatic rings. The molecule has 0 bridgehead atoms. The molecule has 119 heavy (non-hydrogen) atoms. The highest BCUT2D eigenvalue weighted by molar-refractivity contribution is 8.76. The van der Waals surface area contributed by atoms with Crippen LogP contribution in [0, 0.1) is 29.6 Å². The van der Waals surface area contributed by atoms with Gasteiger partial charge in [-0.1, -0.05) is 145 Å². The highest BCUT2D eigenvalue weighted by atomic mass is 33.1. The fourth-order valence-electron chi connectivity index (χ4n) is 13.4. The summed E-state index contributed by atoms with van der Waals surface area (Å²) in [5, 5.41) is 80.1. The Balaban J connectivity index is 1.26. The molecule has 1 saturated heterocycles. The highest BCUT2D eigenvalue weighted by Gasteiger charge is 2.40. The number of carboxylic acids is 5. The number of hydrogen-bond donors (Lipinski definition) is 14. The Labute approximate surface area is 707 Å². The number of piperidine rings is 1. The van der Waals surface area contributed by atoms with Gasteiger partial charge in [-0.05, 0) is 118 Å². The fraction of sp³-hybridized carbons (Fsp3) is 0.634. The van der Waals surface area contributed by atoms with Crippen LogP contribution in [0.5, 0.6) is 5.75 Å². The molecule has 1 aliphatic heterocycles. The Bertz CT molecular complexity index is 3780. The van der Waals surface area contributed by atoms with Gasteiger partial charge < -0.3 is 87.5 Å². The number of carbonyl (C=O) groups is 15. The molecule has 4 rings (SSSR count). The van der Waals surface area contributed by atoms with Gasteiger partial charge >= 0.3 is 47.9 Å². The number of rotatable bonds is 60. The molecule has 2 heterocycles. The Morgan fingerprint density at radius 3 is 1.96 bits per heavy atom. The van der Waals surface area contributed by atoms with E-state index in [-0.39, 0.29) is 142 Å². The summed E-state index contributed by atoms with van der Waals surface area (Å²) >= 11 is 1.32. The van der Waals surface area contributed by atoms with Crippen LogP contribution in [0.3, 0.4) is 0 Å². The smallest absolute Gasteiger partial charge is 0.327 e. The van der Waals surface area contributed by atoms with Crippen molar-refractivity contribution in [1.82, 2.24) is 57.3 Å². The maximum Gasteiger partial charge on any atom is 0.327 e. The van der Waals surface area contributed by atoms with Crippen molar-refractivity contribution in [3.63, 3.8) is 0 Å². The zero-order valence-electron chi connectivity index (χ0n) is 69.4. The van der Waals surface area contributed by atoms with Crippen LogP contribution in [0.15, 0.2) is 53.9 Å². The molecule has 34 nitrogen and oxygen atoms in total. The van der Waals surface area contributed by atoms with Gasteiger partial charge in [0.2, 0.25) is 23.6 Å². The minimum absolute atomic E-state index is 0.0173. The Morgan fingerprint density at radius 1 is 0.647 bits per heavy atom. The number of nitrogens with zero attached hydrogens (tertiary/aromatic N) is 3. The predicted molar refractivity (Wildman–Crippen MR) is 447 cm³/mol. The number of amides is 9. The van der Waals surface area contributed by atoms with E-state index in [2.05, 4.69) is 68.2 Å². The molecule has 0 spiro atoms. The number of thiazole rings is 1. The molecule has 2 aromatic carbocycles. The van der Waals surface area contributed by atoms with Crippen LogP contribution in [0.25, 0.3) is 0 Å². The van der Waals surface area contributed by atoms with E-state index in [1.54, 1.807) is 36.6 Å². The van der Waals surface area contributed by atoms with Gasteiger partial charge in [-0.2, -0.15) is 0 Å². The SMILES string of the molecule is CCCCCCCOCN(C(=O)[C@@H](CC(=O)C1CCCCN1C)C(C)CC)[C@H](C[C@@H](C)c1nc(C(=O)N[C@@H](Cc2ccc(O)cc2)C[C@H](C)C(=O)NCC(=O)OCCSSCC(NC(=O)[C@H](CC(=O)O)CC(=O)[C@H](CC(=O)O)NC(=O)Cc2ccc(CNC(=O)NCCCC[C@H](NC(=O)NCCCC(=O)O)C(=O)O)cc2)C(=O)O)cs1)C(C)C. The van der Waals surface area contributed by atoms with Crippen molar-refractivity contribution < 1.29 is 112 Å². The predicted octanol–water partition coefficient (Wildman–Crippen LogP) is 8.06. The van der Waals surface area contributed by atoms with Crippen molar-refractivity contribution in [2.45, 2.75) is 238 Å². The minimum Gasteiger partial charge on any atom is -0.508 e. The number of Topliss-reactive ketones (excluding diaryl/α,β-unsaturated/α-hetero) is 2. The number of ketones is 2. The normalized spacial score (nSPS) is 15.3. The van der Waals surface area contributed by atoms with E-state index in [0.717, 1.165) is 85.1 Å². The van der Waals surface area contributed by atoms with E-state index in [1.165, 1.54) is 35.6 Å². The fourth-order valence-corrected chi connectivity index (χ4v) is 16.3. The molecular weight excluding hydrogens is 1600 g/mol. The molecular formula is C82H123N11O23S3. The number of carbonyl (C=O) groups excluding carboxylic acids is 10. The van der Waals surface area contributed by atoms with Crippen LogP contribution in [-0.4, -0.2) is 235 Å². The number of aromatic nitrogens is 1. The van der Waals surface area contributed by atoms with E-state index >= 15 is 4.79 Å². The van der Waals surface area contributed by atoms with Crippen molar-refractivity contribution in [2.24, 2.45) is 29.6 Å². The third kappa shape index (κ3) is 40.0. The zero-order chi connectivity index (χ0) is 88.1. The monoisotopic (exact) mass is 1730 g/mol. The number of hydrogen-bond acceptors (Lipinski definition) is 23. The number of esters is 1. The average molecular weight is 1730 g/mol. The van der Waals surface area contributed by atoms with Gasteiger partial charge in [0.15, 0.2) is 11.6 Å². The molecule has 14 N–H and O–H groups in total. The van der Waals surface area contributed by atoms with Gasteiger partial charge in [0.1, 0.15) is 43.4 Å². The van der Waals surface area contributed by atoms with Gasteiger partial charge in [-0.3, -0.25) is 57.6 Å². The number of nitrogens with one attached hydrogen (secondary N) is 8. The van der Waals surface area contributed by atoms with Crippen LogP contribution in [0.2, 0.25) is 0 Å². The van der Waals surface area contributed by atoms with E-state index in [0.29, 0.717) is 48.4 Å². The van der Waals surface area contributed by atoms with Crippen molar-refractivity contribution in [1.29, 1.82) is 0 Å². The lowest BCUT2D eigenvalue weighted by Gasteiger charge is -2.39. The number of urea groups is 2. The first kappa shape index (κ1) is 102. The number of likely N-dealkylation sites (tertiary alicyclic amines) is 1. The van der Waals surface area contributed by atoms with Crippen LogP contribution in [-0.2, 0) is 86.4 Å². The van der Waals surface area contributed by atoms with Gasteiger partial charge in [-0.15, -0.1) is 11.3 Å². The number of ether oxygens (including phenoxy) is 2. The highest BCUT2D eigenvalue weighted by Crippen LogP contribution is 2.34. The number of carboxylic acid groups (broad SMARTS) is 5. The Hall–Kier alpha value is -9.46. The van der Waals surface area contributed by atoms with Gasteiger partial charge in [-0.25, -0.2) is 24.2 Å². The first-order chi connectivity index (χ1) is 56.6. The number of aliphatic carboxylic acids is 5. The third-order valence-electron chi connectivity index (χ3n) is 20.5. The molecule has 0 aliphatic carbocycles. The number of benzene rings is 2. The number of aromatic hydroxyl groups is 1. The lowest BCUT2D eigenvalue weighted by atomic mass is 9.82. The van der Waals surface area contributed by atoms with E-state index < -0.39 is 145 Å². The second-order valence-electron chi connectivity index (χ2n) is 30.6. The molecule has 662 valence electrons. The Kier molecular flexibility index (Phi) is 47.4. The summed E-state index contributed by atoms with van der Waals surface area (Å²) in [6.07, 6.45) is 7.26. The second kappa shape index (κ2) is 55.4. The van der Waals surface area contributed by atoms with Crippen LogP contribution in [0.4, 0.5) is 9.59 Å². The lowest BCUT2D eigenvalue weighted by Crippen LogP contribution is -2.50. The van der Waals surface area contributed by atoms with E-state index in [9.17, 15) is 92.7 Å². The number of phenolic OH excluding ortho intramolecular Hbond substituents is 1. The van der Waals surface area contributed by atoms with Crippen molar-refractivity contribution in [2.75, 3.05) is 64.7 Å².